The van der Waals surface area contributed by atoms with Crippen LogP contribution in [0.4, 0.5) is 5.82 Å². The van der Waals surface area contributed by atoms with Gasteiger partial charge in [0.05, 0.1) is 11.4 Å². The van der Waals surface area contributed by atoms with Crippen molar-refractivity contribution in [1.82, 2.24) is 30.3 Å². The summed E-state index contributed by atoms with van der Waals surface area (Å²) in [4.78, 5) is 4.05. The number of aromatic amines is 1. The lowest BCUT2D eigenvalue weighted by Gasteiger charge is -2.06. The summed E-state index contributed by atoms with van der Waals surface area (Å²) in [7, 11) is -1.96. The van der Waals surface area contributed by atoms with E-state index in [0.717, 1.165) is 0 Å². The van der Waals surface area contributed by atoms with Crippen molar-refractivity contribution < 1.29 is 8.42 Å². The minimum absolute atomic E-state index is 0.0317. The standard InChI is InChI=1S/C8H11N7O2S/c1-9-7-4-6(2-3-10-7)18(16,17)11-5-8-12-14-15-13-8/h2-4,11H,5H2,1H3,(H,9,10)(H,12,13,14,15). The van der Waals surface area contributed by atoms with E-state index in [4.69, 9.17) is 0 Å². The van der Waals surface area contributed by atoms with E-state index in [1.807, 2.05) is 0 Å². The van der Waals surface area contributed by atoms with Crippen LogP contribution in [0, 0.1) is 0 Å². The Labute approximate surface area is 103 Å². The molecule has 2 aromatic heterocycles. The number of hydrogen-bond acceptors (Lipinski definition) is 7. The summed E-state index contributed by atoms with van der Waals surface area (Å²) in [6.07, 6.45) is 1.41. The molecule has 0 saturated carbocycles. The highest BCUT2D eigenvalue weighted by atomic mass is 32.2. The lowest BCUT2D eigenvalue weighted by Crippen LogP contribution is -2.24. The molecule has 2 rings (SSSR count). The van der Waals surface area contributed by atoms with Gasteiger partial charge in [0.2, 0.25) is 10.0 Å². The molecule has 96 valence electrons. The molecule has 0 atom stereocenters. The Morgan fingerprint density at radius 2 is 2.28 bits per heavy atom. The molecule has 0 aromatic carbocycles. The van der Waals surface area contributed by atoms with Gasteiger partial charge in [0.25, 0.3) is 0 Å². The second kappa shape index (κ2) is 5.06. The maximum absolute atomic E-state index is 11.9. The molecule has 0 aliphatic carbocycles. The number of nitrogens with zero attached hydrogens (tertiary/aromatic N) is 4. The summed E-state index contributed by atoms with van der Waals surface area (Å²) in [5.74, 6) is 0.735. The molecule has 0 amide bonds. The SMILES string of the molecule is CNc1cc(S(=O)(=O)NCc2nn[nH]n2)ccn1. The van der Waals surface area contributed by atoms with Crippen molar-refractivity contribution in [3.8, 4) is 0 Å². The van der Waals surface area contributed by atoms with Crippen LogP contribution in [0.2, 0.25) is 0 Å². The molecule has 2 aromatic rings. The molecule has 9 nitrogen and oxygen atoms in total. The molecular formula is C8H11N7O2S. The number of H-pyrrole nitrogens is 1. The molecule has 0 fully saturated rings. The van der Waals surface area contributed by atoms with Crippen LogP contribution in [-0.2, 0) is 16.6 Å². The zero-order valence-electron chi connectivity index (χ0n) is 9.45. The normalized spacial score (nSPS) is 11.4. The van der Waals surface area contributed by atoms with Gasteiger partial charge in [-0.1, -0.05) is 5.21 Å². The third-order valence-corrected chi connectivity index (χ3v) is 3.51. The molecule has 18 heavy (non-hydrogen) atoms. The van der Waals surface area contributed by atoms with Crippen molar-refractivity contribution >= 4 is 15.8 Å². The highest BCUT2D eigenvalue weighted by molar-refractivity contribution is 7.89. The second-order valence-corrected chi connectivity index (χ2v) is 5.05. The highest BCUT2D eigenvalue weighted by Gasteiger charge is 2.15. The fourth-order valence-corrected chi connectivity index (χ4v) is 2.21. The summed E-state index contributed by atoms with van der Waals surface area (Å²) in [6.45, 7) is -0.0317. The number of tetrazole rings is 1. The zero-order chi connectivity index (χ0) is 13.0. The van der Waals surface area contributed by atoms with E-state index in [0.29, 0.717) is 5.82 Å². The predicted octanol–water partition coefficient (Wildman–Crippen LogP) is -0.885. The first kappa shape index (κ1) is 12.4. The third-order valence-electron chi connectivity index (χ3n) is 2.11. The first-order valence-corrected chi connectivity index (χ1v) is 6.46. The zero-order valence-corrected chi connectivity index (χ0v) is 10.3. The smallest absolute Gasteiger partial charge is 0.241 e. The van der Waals surface area contributed by atoms with Gasteiger partial charge in [-0.25, -0.2) is 18.1 Å². The summed E-state index contributed by atoms with van der Waals surface area (Å²) in [5.41, 5.74) is 0. The molecule has 0 bridgehead atoms. The van der Waals surface area contributed by atoms with Gasteiger partial charge in [0.1, 0.15) is 5.82 Å². The van der Waals surface area contributed by atoms with Crippen LogP contribution in [0.3, 0.4) is 0 Å². The Morgan fingerprint density at radius 1 is 1.44 bits per heavy atom. The predicted molar refractivity (Wildman–Crippen MR) is 62.0 cm³/mol. The van der Waals surface area contributed by atoms with Crippen molar-refractivity contribution in [2.24, 2.45) is 0 Å². The molecule has 2 heterocycles. The van der Waals surface area contributed by atoms with Gasteiger partial charge in [-0.2, -0.15) is 5.21 Å². The van der Waals surface area contributed by atoms with E-state index in [2.05, 4.69) is 35.6 Å². The van der Waals surface area contributed by atoms with Gasteiger partial charge in [-0.15, -0.1) is 10.2 Å². The van der Waals surface area contributed by atoms with Crippen LogP contribution in [0.25, 0.3) is 0 Å². The number of pyridine rings is 1. The van der Waals surface area contributed by atoms with Crippen molar-refractivity contribution in [2.75, 3.05) is 12.4 Å². The fraction of sp³-hybridized carbons (Fsp3) is 0.250. The van der Waals surface area contributed by atoms with Crippen molar-refractivity contribution in [2.45, 2.75) is 11.4 Å². The average Bonchev–Trinajstić information content (AvgIpc) is 2.90. The molecule has 0 aliphatic heterocycles. The van der Waals surface area contributed by atoms with Crippen molar-refractivity contribution in [3.63, 3.8) is 0 Å². The lowest BCUT2D eigenvalue weighted by molar-refractivity contribution is 0.579. The first-order valence-electron chi connectivity index (χ1n) is 4.97. The van der Waals surface area contributed by atoms with E-state index in [-0.39, 0.29) is 17.3 Å². The van der Waals surface area contributed by atoms with E-state index in [9.17, 15) is 8.42 Å². The Morgan fingerprint density at radius 3 is 2.94 bits per heavy atom. The number of aromatic nitrogens is 5. The Kier molecular flexibility index (Phi) is 3.48. The lowest BCUT2D eigenvalue weighted by atomic mass is 10.5. The fourth-order valence-electron chi connectivity index (χ4n) is 1.22. The van der Waals surface area contributed by atoms with E-state index >= 15 is 0 Å². The number of sulfonamides is 1. The summed E-state index contributed by atoms with van der Waals surface area (Å²) in [5, 5.41) is 15.6. The van der Waals surface area contributed by atoms with Gasteiger partial charge in [-0.05, 0) is 6.07 Å². The van der Waals surface area contributed by atoms with Crippen LogP contribution >= 0.6 is 0 Å². The van der Waals surface area contributed by atoms with Gasteiger partial charge in [-0.3, -0.25) is 0 Å². The molecule has 10 heteroatoms. The second-order valence-electron chi connectivity index (χ2n) is 3.28. The summed E-state index contributed by atoms with van der Waals surface area (Å²) in [6, 6.07) is 2.83. The van der Waals surface area contributed by atoms with Gasteiger partial charge >= 0.3 is 0 Å². The minimum Gasteiger partial charge on any atom is -0.373 e. The number of nitrogens with one attached hydrogen (secondary N) is 3. The molecular weight excluding hydrogens is 258 g/mol. The van der Waals surface area contributed by atoms with Crippen molar-refractivity contribution in [1.29, 1.82) is 0 Å². The summed E-state index contributed by atoms with van der Waals surface area (Å²) < 4.78 is 26.2. The highest BCUT2D eigenvalue weighted by Crippen LogP contribution is 2.12. The van der Waals surface area contributed by atoms with Gasteiger partial charge in [0.15, 0.2) is 5.82 Å². The molecule has 3 N–H and O–H groups in total. The van der Waals surface area contributed by atoms with E-state index in [1.54, 1.807) is 7.05 Å². The van der Waals surface area contributed by atoms with Crippen LogP contribution in [0.15, 0.2) is 23.2 Å². The maximum Gasteiger partial charge on any atom is 0.241 e. The molecule has 0 unspecified atom stereocenters. The Balaban J connectivity index is 2.14. The van der Waals surface area contributed by atoms with E-state index in [1.165, 1.54) is 18.3 Å². The van der Waals surface area contributed by atoms with Crippen LogP contribution in [-0.4, -0.2) is 41.1 Å². The number of anilines is 1. The third kappa shape index (κ3) is 2.78. The van der Waals surface area contributed by atoms with Gasteiger partial charge in [0, 0.05) is 19.3 Å². The Hall–Kier alpha value is -2.07. The molecule has 0 aliphatic rings. The quantitative estimate of drug-likeness (QED) is 0.643. The minimum atomic E-state index is -3.62. The summed E-state index contributed by atoms with van der Waals surface area (Å²) >= 11 is 0. The maximum atomic E-state index is 11.9. The van der Waals surface area contributed by atoms with Crippen molar-refractivity contribution in [3.05, 3.63) is 24.2 Å². The molecule has 0 spiro atoms. The Bertz CT molecular complexity index is 610. The molecule has 0 radical (unpaired) electrons. The number of rotatable bonds is 5. The van der Waals surface area contributed by atoms with Crippen LogP contribution in [0.5, 0.6) is 0 Å². The molecule has 0 saturated heterocycles. The van der Waals surface area contributed by atoms with E-state index < -0.39 is 10.0 Å². The van der Waals surface area contributed by atoms with Crippen LogP contribution in [0.1, 0.15) is 5.82 Å². The first-order chi connectivity index (χ1) is 8.62. The monoisotopic (exact) mass is 269 g/mol. The van der Waals surface area contributed by atoms with Gasteiger partial charge < -0.3 is 5.32 Å². The van der Waals surface area contributed by atoms with Crippen LogP contribution < -0.4 is 10.0 Å². The number of hydrogen-bond donors (Lipinski definition) is 3. The average molecular weight is 269 g/mol. The topological polar surface area (TPSA) is 126 Å². The largest absolute Gasteiger partial charge is 0.373 e.